The SMILES string of the molecule is CCCCCCCCCCCCCCCCCC(=O)O.CCCC[O][Zr]([O]CCCC)[O]CCCC. The molecule has 0 unspecified atom stereocenters. The maximum absolute atomic E-state index is 10.3. The molecule has 0 bridgehead atoms. The van der Waals surface area contributed by atoms with Gasteiger partial charge in [-0.05, 0) is 6.42 Å². The summed E-state index contributed by atoms with van der Waals surface area (Å²) >= 11 is -2.40. The molecule has 5 nitrogen and oxygen atoms in total. The van der Waals surface area contributed by atoms with Crippen LogP contribution in [-0.4, -0.2) is 30.9 Å². The zero-order chi connectivity index (χ0) is 27.0. The number of hydrogen-bond acceptors (Lipinski definition) is 4. The summed E-state index contributed by atoms with van der Waals surface area (Å²) in [5.41, 5.74) is 0. The fourth-order valence-electron chi connectivity index (χ4n) is 3.67. The van der Waals surface area contributed by atoms with E-state index in [9.17, 15) is 4.79 Å². The van der Waals surface area contributed by atoms with Crippen LogP contribution in [0.2, 0.25) is 0 Å². The minimum absolute atomic E-state index is 0.345. The van der Waals surface area contributed by atoms with Crippen LogP contribution in [0.5, 0.6) is 0 Å². The van der Waals surface area contributed by atoms with Crippen LogP contribution in [0.15, 0.2) is 0 Å². The van der Waals surface area contributed by atoms with E-state index in [2.05, 4.69) is 27.7 Å². The van der Waals surface area contributed by atoms with Crippen LogP contribution in [0.25, 0.3) is 0 Å². The zero-order valence-electron chi connectivity index (χ0n) is 24.8. The number of hydrogen-bond donors (Lipinski definition) is 1. The second-order valence-corrected chi connectivity index (χ2v) is 13.3. The van der Waals surface area contributed by atoms with Gasteiger partial charge >= 0.3 is 117 Å². The van der Waals surface area contributed by atoms with Gasteiger partial charge < -0.3 is 5.11 Å². The number of carbonyl (C=O) groups is 1. The second kappa shape index (κ2) is 35.2. The van der Waals surface area contributed by atoms with Crippen LogP contribution in [0.3, 0.4) is 0 Å². The average molecular weight is 595 g/mol. The van der Waals surface area contributed by atoms with E-state index >= 15 is 0 Å². The first-order valence-corrected chi connectivity index (χ1v) is 18.6. The van der Waals surface area contributed by atoms with Gasteiger partial charge in [-0.3, -0.25) is 4.79 Å². The molecule has 0 aromatic carbocycles. The van der Waals surface area contributed by atoms with E-state index in [4.69, 9.17) is 13.5 Å². The molecule has 0 saturated heterocycles. The second-order valence-electron chi connectivity index (χ2n) is 9.95. The van der Waals surface area contributed by atoms with Crippen molar-refractivity contribution in [1.82, 2.24) is 0 Å². The Balaban J connectivity index is 0. The summed E-state index contributed by atoms with van der Waals surface area (Å²) in [5.74, 6) is -0.653. The van der Waals surface area contributed by atoms with Gasteiger partial charge in [-0.25, -0.2) is 0 Å². The monoisotopic (exact) mass is 593 g/mol. The van der Waals surface area contributed by atoms with Crippen LogP contribution >= 0.6 is 0 Å². The van der Waals surface area contributed by atoms with Crippen molar-refractivity contribution in [2.24, 2.45) is 0 Å². The molecule has 0 heterocycles. The average Bonchev–Trinajstić information content (AvgIpc) is 2.86. The Labute approximate surface area is 235 Å². The van der Waals surface area contributed by atoms with Crippen molar-refractivity contribution in [2.45, 2.75) is 169 Å². The van der Waals surface area contributed by atoms with Gasteiger partial charge in [-0.15, -0.1) is 0 Å². The van der Waals surface area contributed by atoms with E-state index < -0.39 is 29.0 Å². The molecule has 0 saturated carbocycles. The first-order valence-electron chi connectivity index (χ1n) is 15.6. The van der Waals surface area contributed by atoms with Crippen LogP contribution < -0.4 is 0 Å². The third-order valence-electron chi connectivity index (χ3n) is 6.15. The Morgan fingerprint density at radius 2 is 0.750 bits per heavy atom. The fourth-order valence-corrected chi connectivity index (χ4v) is 6.58. The predicted molar refractivity (Wildman–Crippen MR) is 150 cm³/mol. The molecule has 6 heteroatoms. The van der Waals surface area contributed by atoms with E-state index in [0.717, 1.165) is 51.9 Å². The number of unbranched alkanes of at least 4 members (excludes halogenated alkanes) is 17. The predicted octanol–water partition coefficient (Wildman–Crippen LogP) is 10.1. The Morgan fingerprint density at radius 1 is 0.472 bits per heavy atom. The van der Waals surface area contributed by atoms with Crippen molar-refractivity contribution in [3.63, 3.8) is 0 Å². The van der Waals surface area contributed by atoms with Crippen LogP contribution in [0.4, 0.5) is 0 Å². The molecule has 0 aliphatic rings. The Morgan fingerprint density at radius 3 is 1.03 bits per heavy atom. The van der Waals surface area contributed by atoms with Gasteiger partial charge in [0.2, 0.25) is 0 Å². The van der Waals surface area contributed by atoms with Crippen molar-refractivity contribution in [1.29, 1.82) is 0 Å². The first-order chi connectivity index (χ1) is 17.6. The summed E-state index contributed by atoms with van der Waals surface area (Å²) in [6.45, 7) is 11.2. The van der Waals surface area contributed by atoms with E-state index in [0.29, 0.717) is 6.42 Å². The third-order valence-corrected chi connectivity index (χ3v) is 9.39. The van der Waals surface area contributed by atoms with Crippen molar-refractivity contribution in [3.8, 4) is 0 Å². The quantitative estimate of drug-likeness (QED) is 0.0913. The topological polar surface area (TPSA) is 65.0 Å². The van der Waals surface area contributed by atoms with Gasteiger partial charge in [0.1, 0.15) is 0 Å². The molecule has 0 aromatic heterocycles. The normalized spacial score (nSPS) is 10.8. The van der Waals surface area contributed by atoms with Gasteiger partial charge in [0.15, 0.2) is 0 Å². The molecule has 36 heavy (non-hydrogen) atoms. The molecule has 0 spiro atoms. The van der Waals surface area contributed by atoms with Gasteiger partial charge in [-0.1, -0.05) is 96.8 Å². The van der Waals surface area contributed by atoms with Crippen LogP contribution in [-0.2, 0) is 36.3 Å². The molecule has 217 valence electrons. The van der Waals surface area contributed by atoms with Crippen molar-refractivity contribution >= 4 is 5.97 Å². The summed E-state index contributed by atoms with van der Waals surface area (Å²) in [6.07, 6.45) is 27.0. The summed E-state index contributed by atoms with van der Waals surface area (Å²) in [5, 5.41) is 8.52. The van der Waals surface area contributed by atoms with Crippen molar-refractivity contribution in [3.05, 3.63) is 0 Å². The summed E-state index contributed by atoms with van der Waals surface area (Å²) < 4.78 is 17.2. The van der Waals surface area contributed by atoms with Crippen molar-refractivity contribution in [2.75, 3.05) is 19.8 Å². The molecule has 0 fully saturated rings. The maximum atomic E-state index is 10.3. The molecule has 1 N–H and O–H groups in total. The van der Waals surface area contributed by atoms with Gasteiger partial charge in [0.05, 0.1) is 0 Å². The fraction of sp³-hybridized carbons (Fsp3) is 0.967. The molecular formula is C30H63O5Zr. The summed E-state index contributed by atoms with van der Waals surface area (Å²) in [6, 6.07) is 0. The van der Waals surface area contributed by atoms with E-state index in [1.807, 2.05) is 0 Å². The van der Waals surface area contributed by atoms with E-state index in [-0.39, 0.29) is 0 Å². The molecule has 0 radical (unpaired) electrons. The molecular weight excluding hydrogens is 532 g/mol. The third kappa shape index (κ3) is 36.4. The molecule has 0 aliphatic carbocycles. The van der Waals surface area contributed by atoms with Crippen LogP contribution in [0, 0.1) is 0 Å². The van der Waals surface area contributed by atoms with Crippen LogP contribution in [0.1, 0.15) is 169 Å². The Kier molecular flexibility index (Phi) is 37.6. The number of aliphatic carboxylic acids is 1. The molecule has 0 atom stereocenters. The Hall–Kier alpha value is 0.233. The Bertz CT molecular complexity index is 385. The van der Waals surface area contributed by atoms with Gasteiger partial charge in [-0.2, -0.15) is 0 Å². The zero-order valence-corrected chi connectivity index (χ0v) is 27.2. The molecule has 0 amide bonds. The van der Waals surface area contributed by atoms with Crippen molar-refractivity contribution < 1.29 is 41.4 Å². The molecule has 0 aromatic rings. The standard InChI is InChI=1S/C18H36O2.3C4H9O.Zr/c1-2-3-4-5-6-7-8-9-10-11-12-13-14-15-16-17-18(19)20;3*1-2-3-4-5;/h2-17H2,1H3,(H,19,20);3*2-4H2,1H3;/q;3*-1;+3. The number of carboxylic acids is 1. The number of rotatable bonds is 28. The first kappa shape index (κ1) is 38.4. The van der Waals surface area contributed by atoms with E-state index in [1.165, 1.54) is 103 Å². The number of carboxylic acid groups (broad SMARTS) is 1. The van der Waals surface area contributed by atoms with Gasteiger partial charge in [0.25, 0.3) is 0 Å². The van der Waals surface area contributed by atoms with Gasteiger partial charge in [0, 0.05) is 6.42 Å². The summed E-state index contributed by atoms with van der Waals surface area (Å²) in [4.78, 5) is 10.3. The van der Waals surface area contributed by atoms with E-state index in [1.54, 1.807) is 0 Å². The molecule has 0 rings (SSSR count). The summed E-state index contributed by atoms with van der Waals surface area (Å²) in [7, 11) is 0. The molecule has 0 aliphatic heterocycles. The minimum atomic E-state index is -2.40.